The molecule has 0 aromatic heterocycles. The van der Waals surface area contributed by atoms with E-state index in [2.05, 4.69) is 5.32 Å². The number of carbonyl (C=O) groups is 1. The van der Waals surface area contributed by atoms with Gasteiger partial charge in [0.2, 0.25) is 0 Å². The highest BCUT2D eigenvalue weighted by molar-refractivity contribution is 6.32. The number of benzene rings is 2. The van der Waals surface area contributed by atoms with Crippen LogP contribution < -0.4 is 19.7 Å². The molecule has 8 heteroatoms. The second kappa shape index (κ2) is 8.24. The molecule has 0 radical (unpaired) electrons. The van der Waals surface area contributed by atoms with Gasteiger partial charge in [0.1, 0.15) is 5.82 Å². The van der Waals surface area contributed by atoms with Gasteiger partial charge >= 0.3 is 0 Å². The van der Waals surface area contributed by atoms with Crippen molar-refractivity contribution in [3.05, 3.63) is 46.7 Å². The summed E-state index contributed by atoms with van der Waals surface area (Å²) in [6.45, 7) is 3.41. The van der Waals surface area contributed by atoms with Gasteiger partial charge in [-0.1, -0.05) is 11.6 Å². The number of nitrogens with one attached hydrogen (secondary N) is 1. The number of amides is 1. The summed E-state index contributed by atoms with van der Waals surface area (Å²) in [7, 11) is 0. The van der Waals surface area contributed by atoms with Crippen molar-refractivity contribution in [1.29, 1.82) is 0 Å². The molecule has 2 heterocycles. The number of halogens is 2. The second-order valence-corrected chi connectivity index (χ2v) is 6.96. The van der Waals surface area contributed by atoms with Gasteiger partial charge in [-0.3, -0.25) is 4.79 Å². The van der Waals surface area contributed by atoms with E-state index in [0.717, 1.165) is 6.42 Å². The summed E-state index contributed by atoms with van der Waals surface area (Å²) >= 11 is 6.24. The molecule has 2 aromatic rings. The molecule has 1 saturated heterocycles. The first-order valence-electron chi connectivity index (χ1n) is 9.14. The van der Waals surface area contributed by atoms with Crippen LogP contribution in [0.4, 0.5) is 15.8 Å². The van der Waals surface area contributed by atoms with Crippen LogP contribution in [0.15, 0.2) is 30.3 Å². The summed E-state index contributed by atoms with van der Waals surface area (Å²) < 4.78 is 31.0. The van der Waals surface area contributed by atoms with Crippen LogP contribution in [0.25, 0.3) is 0 Å². The average molecular weight is 407 g/mol. The summed E-state index contributed by atoms with van der Waals surface area (Å²) in [5.41, 5.74) is 1.18. The number of morpholine rings is 1. The van der Waals surface area contributed by atoms with E-state index >= 15 is 0 Å². The maximum atomic E-state index is 14.5. The van der Waals surface area contributed by atoms with Gasteiger partial charge in [0.15, 0.2) is 11.5 Å². The van der Waals surface area contributed by atoms with E-state index in [1.807, 2.05) is 4.90 Å². The Labute approximate surface area is 167 Å². The Balaban J connectivity index is 1.51. The number of hydrogen-bond acceptors (Lipinski definition) is 5. The third kappa shape index (κ3) is 4.00. The monoisotopic (exact) mass is 406 g/mol. The van der Waals surface area contributed by atoms with Crippen LogP contribution in [0, 0.1) is 5.82 Å². The van der Waals surface area contributed by atoms with Gasteiger partial charge in [0, 0.05) is 30.8 Å². The summed E-state index contributed by atoms with van der Waals surface area (Å²) in [4.78, 5) is 14.5. The fourth-order valence-corrected chi connectivity index (χ4v) is 3.48. The van der Waals surface area contributed by atoms with Gasteiger partial charge in [-0.05, 0) is 30.3 Å². The first-order valence-corrected chi connectivity index (χ1v) is 9.52. The van der Waals surface area contributed by atoms with E-state index in [9.17, 15) is 9.18 Å². The molecule has 1 N–H and O–H groups in total. The van der Waals surface area contributed by atoms with Crippen molar-refractivity contribution >= 4 is 28.9 Å². The van der Waals surface area contributed by atoms with Crippen molar-refractivity contribution in [2.75, 3.05) is 49.7 Å². The third-order valence-corrected chi connectivity index (χ3v) is 4.90. The molecule has 6 nitrogen and oxygen atoms in total. The second-order valence-electron chi connectivity index (χ2n) is 6.56. The maximum absolute atomic E-state index is 14.5. The molecule has 28 heavy (non-hydrogen) atoms. The van der Waals surface area contributed by atoms with Crippen LogP contribution in [0.1, 0.15) is 16.8 Å². The Morgan fingerprint density at radius 3 is 2.64 bits per heavy atom. The van der Waals surface area contributed by atoms with E-state index in [0.29, 0.717) is 73.0 Å². The van der Waals surface area contributed by atoms with Crippen molar-refractivity contribution in [1.82, 2.24) is 0 Å². The predicted molar refractivity (Wildman–Crippen MR) is 104 cm³/mol. The van der Waals surface area contributed by atoms with Crippen LogP contribution in [-0.2, 0) is 4.74 Å². The minimum Gasteiger partial charge on any atom is -0.489 e. The van der Waals surface area contributed by atoms with Crippen LogP contribution in [0.2, 0.25) is 5.02 Å². The van der Waals surface area contributed by atoms with E-state index in [1.165, 1.54) is 12.1 Å². The first-order chi connectivity index (χ1) is 13.6. The predicted octanol–water partition coefficient (Wildman–Crippen LogP) is 3.73. The molecule has 1 fully saturated rings. The number of ether oxygens (including phenoxy) is 3. The molecule has 0 spiro atoms. The molecule has 2 aliphatic heterocycles. The highest BCUT2D eigenvalue weighted by Gasteiger charge is 2.20. The average Bonchev–Trinajstić information content (AvgIpc) is 2.94. The number of nitrogens with zero attached hydrogens (tertiary/aromatic N) is 1. The molecule has 0 unspecified atom stereocenters. The highest BCUT2D eigenvalue weighted by atomic mass is 35.5. The molecular weight excluding hydrogens is 387 g/mol. The Bertz CT molecular complexity index is 887. The Kier molecular flexibility index (Phi) is 5.54. The van der Waals surface area contributed by atoms with Gasteiger partial charge in [0.25, 0.3) is 5.91 Å². The minimum absolute atomic E-state index is 0.304. The fourth-order valence-electron chi connectivity index (χ4n) is 3.21. The number of anilines is 2. The molecule has 0 saturated carbocycles. The zero-order valence-corrected chi connectivity index (χ0v) is 15.9. The van der Waals surface area contributed by atoms with E-state index < -0.39 is 11.7 Å². The molecule has 1 amide bonds. The Morgan fingerprint density at radius 2 is 1.86 bits per heavy atom. The van der Waals surface area contributed by atoms with Crippen molar-refractivity contribution in [3.8, 4) is 11.5 Å². The third-order valence-electron chi connectivity index (χ3n) is 4.62. The summed E-state index contributed by atoms with van der Waals surface area (Å²) in [6.07, 6.45) is 0.737. The molecule has 0 bridgehead atoms. The largest absolute Gasteiger partial charge is 0.489 e. The normalized spacial score (nSPS) is 16.4. The standard InChI is InChI=1S/C20H20ClFN2O4/c21-15-10-13(11-18-19(15)28-7-1-6-27-18)20(25)23-14-2-3-17(16(22)12-14)24-4-8-26-9-5-24/h2-3,10-12H,1,4-9H2,(H,23,25). The smallest absolute Gasteiger partial charge is 0.255 e. The Hall–Kier alpha value is -2.51. The van der Waals surface area contributed by atoms with Crippen LogP contribution in [-0.4, -0.2) is 45.4 Å². The number of hydrogen-bond donors (Lipinski definition) is 1. The number of fused-ring (bicyclic) bond motifs is 1. The summed E-state index contributed by atoms with van der Waals surface area (Å²) in [6, 6.07) is 7.75. The molecule has 2 aromatic carbocycles. The van der Waals surface area contributed by atoms with Gasteiger partial charge in [-0.2, -0.15) is 0 Å². The lowest BCUT2D eigenvalue weighted by atomic mass is 10.1. The SMILES string of the molecule is O=C(Nc1ccc(N2CCOCC2)c(F)c1)c1cc(Cl)c2c(c1)OCCCO2. The zero-order chi connectivity index (χ0) is 19.5. The zero-order valence-electron chi connectivity index (χ0n) is 15.2. The molecule has 148 valence electrons. The lowest BCUT2D eigenvalue weighted by molar-refractivity contribution is 0.102. The van der Waals surface area contributed by atoms with E-state index in [-0.39, 0.29) is 0 Å². The van der Waals surface area contributed by atoms with Crippen molar-refractivity contribution in [3.63, 3.8) is 0 Å². The summed E-state index contributed by atoms with van der Waals surface area (Å²) in [5.74, 6) is 0.0769. The van der Waals surface area contributed by atoms with Gasteiger partial charge in [-0.15, -0.1) is 0 Å². The minimum atomic E-state index is -0.406. The highest BCUT2D eigenvalue weighted by Crippen LogP contribution is 2.38. The van der Waals surface area contributed by atoms with Crippen molar-refractivity contribution < 1.29 is 23.4 Å². The number of carbonyl (C=O) groups excluding carboxylic acids is 1. The quantitative estimate of drug-likeness (QED) is 0.841. The summed E-state index contributed by atoms with van der Waals surface area (Å²) in [5, 5.41) is 3.01. The number of rotatable bonds is 3. The van der Waals surface area contributed by atoms with Crippen LogP contribution in [0.5, 0.6) is 11.5 Å². The lowest BCUT2D eigenvalue weighted by Gasteiger charge is -2.29. The van der Waals surface area contributed by atoms with E-state index in [1.54, 1.807) is 18.2 Å². The molecule has 4 rings (SSSR count). The first kappa shape index (κ1) is 18.8. The van der Waals surface area contributed by atoms with Gasteiger partial charge < -0.3 is 24.4 Å². The molecule has 2 aliphatic rings. The Morgan fingerprint density at radius 1 is 1.07 bits per heavy atom. The lowest BCUT2D eigenvalue weighted by Crippen LogP contribution is -2.36. The van der Waals surface area contributed by atoms with Gasteiger partial charge in [0.05, 0.1) is 37.1 Å². The maximum Gasteiger partial charge on any atom is 0.255 e. The van der Waals surface area contributed by atoms with E-state index in [4.69, 9.17) is 25.8 Å². The fraction of sp³-hybridized carbons (Fsp3) is 0.350. The van der Waals surface area contributed by atoms with Crippen molar-refractivity contribution in [2.45, 2.75) is 6.42 Å². The molecule has 0 aliphatic carbocycles. The van der Waals surface area contributed by atoms with Gasteiger partial charge in [-0.25, -0.2) is 4.39 Å². The van der Waals surface area contributed by atoms with Crippen LogP contribution >= 0.6 is 11.6 Å². The van der Waals surface area contributed by atoms with Crippen molar-refractivity contribution in [2.24, 2.45) is 0 Å². The topological polar surface area (TPSA) is 60.0 Å². The van der Waals surface area contributed by atoms with Crippen LogP contribution in [0.3, 0.4) is 0 Å². The molecule has 0 atom stereocenters. The molecular formula is C20H20ClFN2O4.